The van der Waals surface area contributed by atoms with Crippen LogP contribution >= 0.6 is 0 Å². The molecule has 0 bridgehead atoms. The highest BCUT2D eigenvalue weighted by Gasteiger charge is 2.21. The number of para-hydroxylation sites is 1. The summed E-state index contributed by atoms with van der Waals surface area (Å²) < 4.78 is 25.8. The van der Waals surface area contributed by atoms with Gasteiger partial charge in [-0.05, 0) is 30.9 Å². The van der Waals surface area contributed by atoms with Crippen molar-refractivity contribution in [3.63, 3.8) is 0 Å². The maximum Gasteiger partial charge on any atom is 0.244 e. The Kier molecular flexibility index (Phi) is 5.05. The van der Waals surface area contributed by atoms with Gasteiger partial charge in [0.25, 0.3) is 0 Å². The van der Waals surface area contributed by atoms with Gasteiger partial charge in [0, 0.05) is 20.6 Å². The normalized spacial score (nSPS) is 17.4. The van der Waals surface area contributed by atoms with Gasteiger partial charge in [-0.15, -0.1) is 0 Å². The van der Waals surface area contributed by atoms with Crippen molar-refractivity contribution in [3.05, 3.63) is 24.3 Å². The van der Waals surface area contributed by atoms with Gasteiger partial charge in [0.15, 0.2) is 0 Å². The van der Waals surface area contributed by atoms with Crippen LogP contribution in [0, 0.1) is 5.92 Å². The summed E-state index contributed by atoms with van der Waals surface area (Å²) in [5.41, 5.74) is 0.715. The smallest absolute Gasteiger partial charge is 0.244 e. The summed E-state index contributed by atoms with van der Waals surface area (Å²) in [6.45, 7) is 0.861. The van der Waals surface area contributed by atoms with Gasteiger partial charge in [0.05, 0.1) is 5.69 Å². The predicted molar refractivity (Wildman–Crippen MR) is 82.4 cm³/mol. The zero-order valence-corrected chi connectivity index (χ0v) is 13.1. The molecule has 4 nitrogen and oxygen atoms in total. The molecule has 0 spiro atoms. The largest absolute Gasteiger partial charge is 0.384 e. The maximum atomic E-state index is 12.3. The van der Waals surface area contributed by atoms with Crippen molar-refractivity contribution < 1.29 is 8.42 Å². The van der Waals surface area contributed by atoms with E-state index >= 15 is 0 Å². The molecule has 1 fully saturated rings. The minimum absolute atomic E-state index is 0.362. The summed E-state index contributed by atoms with van der Waals surface area (Å²) in [6, 6.07) is 7.15. The van der Waals surface area contributed by atoms with Crippen molar-refractivity contribution in [2.24, 2.45) is 5.92 Å². The number of rotatable bonds is 5. The summed E-state index contributed by atoms with van der Waals surface area (Å²) in [5.74, 6) is 0.666. The molecule has 1 aliphatic carbocycles. The van der Waals surface area contributed by atoms with E-state index in [1.165, 1.54) is 36.4 Å². The molecule has 0 atom stereocenters. The van der Waals surface area contributed by atoms with Crippen molar-refractivity contribution >= 4 is 15.7 Å². The number of anilines is 1. The van der Waals surface area contributed by atoms with E-state index in [9.17, 15) is 8.42 Å². The topological polar surface area (TPSA) is 49.4 Å². The molecule has 0 aliphatic heterocycles. The molecule has 1 aromatic rings. The van der Waals surface area contributed by atoms with Gasteiger partial charge in [-0.1, -0.05) is 31.4 Å². The van der Waals surface area contributed by atoms with E-state index in [2.05, 4.69) is 5.32 Å². The van der Waals surface area contributed by atoms with Gasteiger partial charge in [-0.2, -0.15) is 0 Å². The van der Waals surface area contributed by atoms with Crippen LogP contribution in [0.4, 0.5) is 5.69 Å². The van der Waals surface area contributed by atoms with Crippen molar-refractivity contribution in [1.29, 1.82) is 0 Å². The first-order valence-corrected chi connectivity index (χ1v) is 8.71. The highest BCUT2D eigenvalue weighted by molar-refractivity contribution is 7.89. The first-order chi connectivity index (χ1) is 9.51. The van der Waals surface area contributed by atoms with E-state index in [1.54, 1.807) is 26.2 Å². The second-order valence-electron chi connectivity index (χ2n) is 5.67. The number of hydrogen-bond acceptors (Lipinski definition) is 3. The van der Waals surface area contributed by atoms with Crippen LogP contribution in [0.2, 0.25) is 0 Å². The molecule has 0 aromatic heterocycles. The average molecular weight is 296 g/mol. The highest BCUT2D eigenvalue weighted by Crippen LogP contribution is 2.27. The van der Waals surface area contributed by atoms with E-state index in [0.717, 1.165) is 6.54 Å². The van der Waals surface area contributed by atoms with Crippen molar-refractivity contribution in [3.8, 4) is 0 Å². The Hall–Kier alpha value is -1.07. The van der Waals surface area contributed by atoms with E-state index in [-0.39, 0.29) is 0 Å². The molecule has 0 saturated heterocycles. The molecule has 1 N–H and O–H groups in total. The second kappa shape index (κ2) is 6.59. The Morgan fingerprint density at radius 3 is 2.45 bits per heavy atom. The SMILES string of the molecule is CN(C)S(=O)(=O)c1ccccc1NCC1CCCCC1. The molecule has 112 valence electrons. The zero-order chi connectivity index (χ0) is 14.6. The molecular weight excluding hydrogens is 272 g/mol. The molecule has 0 heterocycles. The maximum absolute atomic E-state index is 12.3. The Bertz CT molecular complexity index is 535. The first kappa shape index (κ1) is 15.3. The second-order valence-corrected chi connectivity index (χ2v) is 7.79. The molecule has 1 aliphatic rings. The third-order valence-corrected chi connectivity index (χ3v) is 5.82. The molecule has 1 saturated carbocycles. The number of nitrogens with zero attached hydrogens (tertiary/aromatic N) is 1. The van der Waals surface area contributed by atoms with Crippen LogP contribution in [-0.2, 0) is 10.0 Å². The zero-order valence-electron chi connectivity index (χ0n) is 12.3. The third kappa shape index (κ3) is 3.52. The molecule has 2 rings (SSSR count). The van der Waals surface area contributed by atoms with E-state index in [1.807, 2.05) is 12.1 Å². The van der Waals surface area contributed by atoms with E-state index < -0.39 is 10.0 Å². The third-order valence-electron chi connectivity index (χ3n) is 3.95. The lowest BCUT2D eigenvalue weighted by atomic mass is 9.89. The molecule has 20 heavy (non-hydrogen) atoms. The van der Waals surface area contributed by atoms with Crippen LogP contribution in [0.3, 0.4) is 0 Å². The molecule has 1 aromatic carbocycles. The van der Waals surface area contributed by atoms with E-state index in [4.69, 9.17) is 0 Å². The summed E-state index contributed by atoms with van der Waals surface area (Å²) in [7, 11) is -0.264. The van der Waals surface area contributed by atoms with E-state index in [0.29, 0.717) is 16.5 Å². The van der Waals surface area contributed by atoms with Crippen molar-refractivity contribution in [2.75, 3.05) is 26.0 Å². The van der Waals surface area contributed by atoms with Crippen LogP contribution < -0.4 is 5.32 Å². The van der Waals surface area contributed by atoms with Crippen molar-refractivity contribution in [1.82, 2.24) is 4.31 Å². The number of sulfonamides is 1. The Labute approximate surface area is 122 Å². The fourth-order valence-corrected chi connectivity index (χ4v) is 3.74. The molecular formula is C15H24N2O2S. The monoisotopic (exact) mass is 296 g/mol. The van der Waals surface area contributed by atoms with Crippen LogP contribution in [-0.4, -0.2) is 33.4 Å². The lowest BCUT2D eigenvalue weighted by Crippen LogP contribution is -2.24. The quantitative estimate of drug-likeness (QED) is 0.909. The average Bonchev–Trinajstić information content (AvgIpc) is 2.46. The summed E-state index contributed by atoms with van der Waals surface area (Å²) in [5, 5.41) is 3.34. The summed E-state index contributed by atoms with van der Waals surface area (Å²) in [6.07, 6.45) is 6.42. The van der Waals surface area contributed by atoms with Crippen LogP contribution in [0.15, 0.2) is 29.2 Å². The van der Waals surface area contributed by atoms with Crippen LogP contribution in [0.5, 0.6) is 0 Å². The summed E-state index contributed by atoms with van der Waals surface area (Å²) >= 11 is 0. The van der Waals surface area contributed by atoms with Gasteiger partial charge in [0.2, 0.25) is 10.0 Å². The highest BCUT2D eigenvalue weighted by atomic mass is 32.2. The number of hydrogen-bond donors (Lipinski definition) is 1. The fraction of sp³-hybridized carbons (Fsp3) is 0.600. The molecule has 5 heteroatoms. The number of benzene rings is 1. The minimum Gasteiger partial charge on any atom is -0.384 e. The van der Waals surface area contributed by atoms with Gasteiger partial charge >= 0.3 is 0 Å². The summed E-state index contributed by atoms with van der Waals surface area (Å²) in [4.78, 5) is 0.362. The van der Waals surface area contributed by atoms with Crippen molar-refractivity contribution in [2.45, 2.75) is 37.0 Å². The van der Waals surface area contributed by atoms with Gasteiger partial charge < -0.3 is 5.32 Å². The van der Waals surface area contributed by atoms with Crippen LogP contribution in [0.1, 0.15) is 32.1 Å². The standard InChI is InChI=1S/C15H24N2O2S/c1-17(2)20(18,19)15-11-7-6-10-14(15)16-12-13-8-4-3-5-9-13/h6-7,10-11,13,16H,3-5,8-9,12H2,1-2H3. The lowest BCUT2D eigenvalue weighted by Gasteiger charge is -2.23. The number of nitrogens with one attached hydrogen (secondary N) is 1. The molecule has 0 amide bonds. The lowest BCUT2D eigenvalue weighted by molar-refractivity contribution is 0.373. The van der Waals surface area contributed by atoms with Gasteiger partial charge in [-0.3, -0.25) is 0 Å². The van der Waals surface area contributed by atoms with Crippen LogP contribution in [0.25, 0.3) is 0 Å². The Morgan fingerprint density at radius 1 is 1.15 bits per heavy atom. The van der Waals surface area contributed by atoms with Gasteiger partial charge in [-0.25, -0.2) is 12.7 Å². The molecule has 0 unspecified atom stereocenters. The Balaban J connectivity index is 2.12. The molecule has 0 radical (unpaired) electrons. The first-order valence-electron chi connectivity index (χ1n) is 7.27. The predicted octanol–water partition coefficient (Wildman–Crippen LogP) is 2.93. The Morgan fingerprint density at radius 2 is 1.80 bits per heavy atom. The fourth-order valence-electron chi connectivity index (χ4n) is 2.68. The minimum atomic E-state index is -3.39. The van der Waals surface area contributed by atoms with Gasteiger partial charge in [0.1, 0.15) is 4.90 Å².